The first-order chi connectivity index (χ1) is 7.59. The molecule has 0 aliphatic heterocycles. The molecular formula is C15H23N. The predicted molar refractivity (Wildman–Crippen MR) is 69.3 cm³/mol. The number of rotatable bonds is 4. The lowest BCUT2D eigenvalue weighted by atomic mass is 9.90. The zero-order valence-corrected chi connectivity index (χ0v) is 10.6. The van der Waals surface area contributed by atoms with Crippen LogP contribution in [0.2, 0.25) is 0 Å². The van der Waals surface area contributed by atoms with Gasteiger partial charge < -0.3 is 5.73 Å². The van der Waals surface area contributed by atoms with Crippen LogP contribution in [0.1, 0.15) is 56.7 Å². The molecule has 1 aromatic rings. The van der Waals surface area contributed by atoms with Gasteiger partial charge in [0.2, 0.25) is 0 Å². The van der Waals surface area contributed by atoms with E-state index in [-0.39, 0.29) is 6.04 Å². The Kier molecular flexibility index (Phi) is 3.34. The molecule has 0 aromatic heterocycles. The zero-order chi connectivity index (χ0) is 11.7. The van der Waals surface area contributed by atoms with Crippen LogP contribution in [0.15, 0.2) is 24.3 Å². The van der Waals surface area contributed by atoms with Gasteiger partial charge in [0.05, 0.1) is 0 Å². The highest BCUT2D eigenvalue weighted by Gasteiger charge is 2.32. The first-order valence-corrected chi connectivity index (χ1v) is 6.45. The van der Waals surface area contributed by atoms with E-state index in [0.717, 1.165) is 5.92 Å². The van der Waals surface area contributed by atoms with Gasteiger partial charge in [0, 0.05) is 6.04 Å². The van der Waals surface area contributed by atoms with Crippen molar-refractivity contribution in [3.8, 4) is 0 Å². The van der Waals surface area contributed by atoms with Gasteiger partial charge in [0.25, 0.3) is 0 Å². The molecule has 2 unspecified atom stereocenters. The lowest BCUT2D eigenvalue weighted by Crippen LogP contribution is -2.20. The molecule has 0 saturated heterocycles. The molecule has 0 radical (unpaired) electrons. The fourth-order valence-corrected chi connectivity index (χ4v) is 2.32. The third kappa shape index (κ3) is 2.46. The molecule has 1 aromatic carbocycles. The second kappa shape index (κ2) is 4.58. The Balaban J connectivity index is 2.08. The Morgan fingerprint density at radius 2 is 1.50 bits per heavy atom. The summed E-state index contributed by atoms with van der Waals surface area (Å²) in [6.45, 7) is 6.74. The molecule has 0 amide bonds. The number of hydrogen-bond acceptors (Lipinski definition) is 1. The summed E-state index contributed by atoms with van der Waals surface area (Å²) < 4.78 is 0. The summed E-state index contributed by atoms with van der Waals surface area (Å²) in [6, 6.07) is 9.07. The Morgan fingerprint density at radius 3 is 1.94 bits per heavy atom. The van der Waals surface area contributed by atoms with Gasteiger partial charge >= 0.3 is 0 Å². The van der Waals surface area contributed by atoms with E-state index in [1.165, 1.54) is 24.0 Å². The van der Waals surface area contributed by atoms with Crippen LogP contribution in [0.4, 0.5) is 0 Å². The Morgan fingerprint density at radius 1 is 1.00 bits per heavy atom. The maximum Gasteiger partial charge on any atom is 0.0323 e. The van der Waals surface area contributed by atoms with Crippen molar-refractivity contribution in [2.24, 2.45) is 17.6 Å². The molecule has 88 valence electrons. The minimum absolute atomic E-state index is 0.216. The minimum Gasteiger partial charge on any atom is -0.324 e. The Bertz CT molecular complexity index is 335. The molecule has 1 aliphatic rings. The summed E-state index contributed by atoms with van der Waals surface area (Å²) in [5.74, 6) is 2.11. The van der Waals surface area contributed by atoms with Crippen molar-refractivity contribution in [3.63, 3.8) is 0 Å². The first kappa shape index (κ1) is 11.7. The predicted octanol–water partition coefficient (Wildman–Crippen LogP) is 3.86. The van der Waals surface area contributed by atoms with Gasteiger partial charge in [-0.2, -0.15) is 0 Å². The van der Waals surface area contributed by atoms with E-state index in [9.17, 15) is 0 Å². The van der Waals surface area contributed by atoms with Crippen LogP contribution in [0.25, 0.3) is 0 Å². The molecule has 0 heterocycles. The van der Waals surface area contributed by atoms with Gasteiger partial charge in [-0.3, -0.25) is 0 Å². The van der Waals surface area contributed by atoms with E-state index in [0.29, 0.717) is 11.8 Å². The summed E-state index contributed by atoms with van der Waals surface area (Å²) in [7, 11) is 0. The van der Waals surface area contributed by atoms with E-state index in [1.807, 2.05) is 0 Å². The van der Waals surface area contributed by atoms with E-state index in [4.69, 9.17) is 5.73 Å². The third-order valence-electron chi connectivity index (χ3n) is 3.92. The van der Waals surface area contributed by atoms with Crippen molar-refractivity contribution in [2.45, 2.75) is 45.6 Å². The molecular weight excluding hydrogens is 194 g/mol. The highest BCUT2D eigenvalue weighted by molar-refractivity contribution is 5.27. The van der Waals surface area contributed by atoms with Crippen LogP contribution in [-0.2, 0) is 0 Å². The summed E-state index contributed by atoms with van der Waals surface area (Å²) >= 11 is 0. The molecule has 2 rings (SSSR count). The van der Waals surface area contributed by atoms with Crippen molar-refractivity contribution < 1.29 is 0 Å². The number of nitrogens with two attached hydrogens (primary N) is 1. The van der Waals surface area contributed by atoms with E-state index >= 15 is 0 Å². The van der Waals surface area contributed by atoms with Crippen LogP contribution >= 0.6 is 0 Å². The second-order valence-electron chi connectivity index (χ2n) is 5.54. The van der Waals surface area contributed by atoms with Crippen LogP contribution in [-0.4, -0.2) is 0 Å². The standard InChI is InChI=1S/C15H23N/c1-10(2)12-4-8-14(9-5-12)15(16)11(3)13-6-7-13/h4-5,8-11,13,15H,6-7,16H2,1-3H3. The van der Waals surface area contributed by atoms with Crippen molar-refractivity contribution in [2.75, 3.05) is 0 Å². The van der Waals surface area contributed by atoms with Crippen molar-refractivity contribution in [1.82, 2.24) is 0 Å². The minimum atomic E-state index is 0.216. The second-order valence-corrected chi connectivity index (χ2v) is 5.54. The van der Waals surface area contributed by atoms with E-state index < -0.39 is 0 Å². The first-order valence-electron chi connectivity index (χ1n) is 6.45. The topological polar surface area (TPSA) is 26.0 Å². The monoisotopic (exact) mass is 217 g/mol. The van der Waals surface area contributed by atoms with Crippen LogP contribution in [0, 0.1) is 11.8 Å². The maximum absolute atomic E-state index is 6.31. The summed E-state index contributed by atoms with van der Waals surface area (Å²) in [4.78, 5) is 0. The van der Waals surface area contributed by atoms with Gasteiger partial charge in [-0.1, -0.05) is 45.0 Å². The fraction of sp³-hybridized carbons (Fsp3) is 0.600. The zero-order valence-electron chi connectivity index (χ0n) is 10.6. The van der Waals surface area contributed by atoms with Crippen molar-refractivity contribution >= 4 is 0 Å². The molecule has 0 spiro atoms. The SMILES string of the molecule is CC(C)c1ccc(C(N)C(C)C2CC2)cc1. The fourth-order valence-electron chi connectivity index (χ4n) is 2.32. The molecule has 1 heteroatoms. The molecule has 1 fully saturated rings. The summed E-state index contributed by atoms with van der Waals surface area (Å²) in [5, 5.41) is 0. The van der Waals surface area contributed by atoms with Crippen molar-refractivity contribution in [1.29, 1.82) is 0 Å². The Labute approximate surface area is 99.0 Å². The molecule has 2 N–H and O–H groups in total. The molecule has 0 bridgehead atoms. The van der Waals surface area contributed by atoms with E-state index in [1.54, 1.807) is 0 Å². The largest absolute Gasteiger partial charge is 0.324 e. The van der Waals surface area contributed by atoms with Gasteiger partial charge in [-0.25, -0.2) is 0 Å². The molecule has 1 saturated carbocycles. The quantitative estimate of drug-likeness (QED) is 0.814. The third-order valence-corrected chi connectivity index (χ3v) is 3.92. The molecule has 2 atom stereocenters. The smallest absolute Gasteiger partial charge is 0.0323 e. The van der Waals surface area contributed by atoms with Crippen molar-refractivity contribution in [3.05, 3.63) is 35.4 Å². The van der Waals surface area contributed by atoms with Gasteiger partial charge in [-0.15, -0.1) is 0 Å². The molecule has 16 heavy (non-hydrogen) atoms. The van der Waals surface area contributed by atoms with E-state index in [2.05, 4.69) is 45.0 Å². The maximum atomic E-state index is 6.31. The highest BCUT2D eigenvalue weighted by Crippen LogP contribution is 2.41. The number of benzene rings is 1. The average molecular weight is 217 g/mol. The van der Waals surface area contributed by atoms with Gasteiger partial charge in [0.15, 0.2) is 0 Å². The van der Waals surface area contributed by atoms with Crippen LogP contribution in [0.3, 0.4) is 0 Å². The molecule has 1 aliphatic carbocycles. The van der Waals surface area contributed by atoms with Gasteiger partial charge in [-0.05, 0) is 41.7 Å². The summed E-state index contributed by atoms with van der Waals surface area (Å²) in [6.07, 6.45) is 2.75. The summed E-state index contributed by atoms with van der Waals surface area (Å²) in [5.41, 5.74) is 9.00. The highest BCUT2D eigenvalue weighted by atomic mass is 14.7. The van der Waals surface area contributed by atoms with Crippen LogP contribution in [0.5, 0.6) is 0 Å². The lowest BCUT2D eigenvalue weighted by Gasteiger charge is -2.20. The average Bonchev–Trinajstić information content (AvgIpc) is 3.11. The lowest BCUT2D eigenvalue weighted by molar-refractivity contribution is 0.417. The Hall–Kier alpha value is -0.820. The van der Waals surface area contributed by atoms with Gasteiger partial charge in [0.1, 0.15) is 0 Å². The van der Waals surface area contributed by atoms with Crippen LogP contribution < -0.4 is 5.73 Å². The molecule has 1 nitrogen and oxygen atoms in total. The number of hydrogen-bond donors (Lipinski definition) is 1. The normalized spacial score (nSPS) is 19.8.